The molecule has 0 atom stereocenters. The maximum Gasteiger partial charge on any atom is 3.00 e. The predicted molar refractivity (Wildman–Crippen MR) is 286 cm³/mol. The predicted octanol–water partition coefficient (Wildman–Crippen LogP) is 16.1. The molecule has 0 spiro atoms. The van der Waals surface area contributed by atoms with Crippen LogP contribution in [0.2, 0.25) is 0 Å². The zero-order valence-corrected chi connectivity index (χ0v) is 40.5. The van der Waals surface area contributed by atoms with Crippen molar-refractivity contribution in [2.24, 2.45) is 0 Å². The molecule has 4 heteroatoms. The van der Waals surface area contributed by atoms with Crippen LogP contribution in [0, 0.1) is 38.8 Å². The summed E-state index contributed by atoms with van der Waals surface area (Å²) in [5.74, 6) is 0. The number of aromatic nitrogens is 3. The van der Waals surface area contributed by atoms with Crippen LogP contribution in [0.3, 0.4) is 0 Å². The molecule has 3 heterocycles. The van der Waals surface area contributed by atoms with Gasteiger partial charge in [-0.25, -0.2) is 0 Å². The molecule has 3 aromatic heterocycles. The summed E-state index contributed by atoms with van der Waals surface area (Å²) in [6, 6.07) is 70.9. The molecule has 0 saturated heterocycles. The van der Waals surface area contributed by atoms with E-state index in [-0.39, 0.29) is 36.8 Å². The second kappa shape index (κ2) is 20.5. The van der Waals surface area contributed by atoms with Gasteiger partial charge < -0.3 is 15.0 Å². The molecule has 0 aliphatic heterocycles. The molecule has 11 aromatic rings. The van der Waals surface area contributed by atoms with Crippen molar-refractivity contribution in [2.45, 2.75) is 46.2 Å². The summed E-state index contributed by atoms with van der Waals surface area (Å²) in [6.45, 7) is -6.73. The standard InChI is InChI=1S/C66H50N3.Ir/c1-44-34-35-67-66(36-44)53-24-20-48(21-25-53)15-17-50-37-49(16-14-47-18-22-52(23-19-47)64-32-12-45(2)42-68-64)38-57(39-50)59-10-6-7-11-61(59)62-31-29-56(65-33-13-46(3)43-69-65)41-63(62)55-28-30-60-54(40-55)27-26-51-8-4-5-9-58(51)60;/h4-13,18-22,24,26-28,30-43H,14-17H2,1-3H3;/q-3;+3/i1D3,2D3,3D3;. The van der Waals surface area contributed by atoms with Crippen molar-refractivity contribution >= 4 is 21.5 Å². The van der Waals surface area contributed by atoms with Crippen LogP contribution in [0.25, 0.3) is 88.7 Å². The number of nitrogens with zero attached hydrogens (tertiary/aromatic N) is 3. The Morgan fingerprint density at radius 1 is 0.386 bits per heavy atom. The first kappa shape index (κ1) is 36.4. The van der Waals surface area contributed by atoms with Crippen molar-refractivity contribution in [1.29, 1.82) is 0 Å². The minimum absolute atomic E-state index is 0. The minimum Gasteiger partial charge on any atom is -0.305 e. The molecule has 0 aliphatic rings. The molecule has 8 aromatic carbocycles. The third-order valence-corrected chi connectivity index (χ3v) is 12.9. The van der Waals surface area contributed by atoms with Gasteiger partial charge >= 0.3 is 20.1 Å². The fourth-order valence-electron chi connectivity index (χ4n) is 9.26. The number of aryl methyl sites for hydroxylation is 7. The zero-order chi connectivity index (χ0) is 54.2. The van der Waals surface area contributed by atoms with Crippen molar-refractivity contribution in [3.8, 4) is 67.2 Å². The van der Waals surface area contributed by atoms with Crippen LogP contribution in [0.15, 0.2) is 201 Å². The monoisotopic (exact) mass is 1090 g/mol. The molecule has 338 valence electrons. The number of benzene rings is 8. The Labute approximate surface area is 438 Å². The summed E-state index contributed by atoms with van der Waals surface area (Å²) in [4.78, 5) is 13.5. The third kappa shape index (κ3) is 10.1. The molecule has 0 amide bonds. The largest absolute Gasteiger partial charge is 3.00 e. The van der Waals surface area contributed by atoms with Crippen molar-refractivity contribution in [1.82, 2.24) is 15.0 Å². The summed E-state index contributed by atoms with van der Waals surface area (Å²) >= 11 is 0. The van der Waals surface area contributed by atoms with Gasteiger partial charge in [0.05, 0.1) is 0 Å². The molecular weight excluding hydrogens is 1030 g/mol. The van der Waals surface area contributed by atoms with Crippen LogP contribution in [0.5, 0.6) is 0 Å². The van der Waals surface area contributed by atoms with Crippen LogP contribution >= 0.6 is 0 Å². The minimum atomic E-state index is -2.27. The average Bonchev–Trinajstić information content (AvgIpc) is 3.45. The topological polar surface area (TPSA) is 38.7 Å². The van der Waals surface area contributed by atoms with E-state index < -0.39 is 20.6 Å². The van der Waals surface area contributed by atoms with Gasteiger partial charge in [0.1, 0.15) is 0 Å². The Morgan fingerprint density at radius 3 is 1.67 bits per heavy atom. The van der Waals surface area contributed by atoms with Crippen molar-refractivity contribution in [3.05, 3.63) is 258 Å². The van der Waals surface area contributed by atoms with E-state index in [0.717, 1.165) is 103 Å². The van der Waals surface area contributed by atoms with Gasteiger partial charge in [-0.15, -0.1) is 94.5 Å². The first-order chi connectivity index (χ1) is 37.5. The van der Waals surface area contributed by atoms with E-state index in [0.29, 0.717) is 17.1 Å². The van der Waals surface area contributed by atoms with Gasteiger partial charge in [0, 0.05) is 30.9 Å². The van der Waals surface area contributed by atoms with Crippen LogP contribution in [0.4, 0.5) is 0 Å². The van der Waals surface area contributed by atoms with E-state index in [2.05, 4.69) is 148 Å². The summed E-state index contributed by atoms with van der Waals surface area (Å²) in [6.07, 6.45) is 7.34. The summed E-state index contributed by atoms with van der Waals surface area (Å²) < 4.78 is 70.6. The van der Waals surface area contributed by atoms with Gasteiger partial charge in [0.2, 0.25) is 0 Å². The van der Waals surface area contributed by atoms with Crippen molar-refractivity contribution in [2.75, 3.05) is 0 Å². The SMILES string of the molecule is [2H]C([2H])([2H])c1ccc(-c2[c-]cc(CCc3cc(CCc4c[c-]c(-c5cc(C([2H])([2H])[2H])ccn5)cc4)cc(-c4ccccc4-c4c[c-]c(-c5ccc(C([2H])([2H])[2H])cn5)cc4-c4ccc5c(ccc6ccccc65)c4)c3)cc2)nc1.[Ir+3]. The summed E-state index contributed by atoms with van der Waals surface area (Å²) in [5, 5.41) is 4.63. The number of pyridine rings is 3. The molecule has 0 fully saturated rings. The second-order valence-corrected chi connectivity index (χ2v) is 17.5. The van der Waals surface area contributed by atoms with E-state index in [1.807, 2.05) is 30.3 Å². The Kier molecular flexibility index (Phi) is 10.7. The molecular formula is C66H50IrN3. The molecule has 0 aliphatic carbocycles. The van der Waals surface area contributed by atoms with Gasteiger partial charge in [-0.3, -0.25) is 0 Å². The Morgan fingerprint density at radius 2 is 1.00 bits per heavy atom. The van der Waals surface area contributed by atoms with E-state index >= 15 is 0 Å². The number of rotatable bonds is 12. The van der Waals surface area contributed by atoms with E-state index in [1.165, 1.54) is 41.0 Å². The molecule has 3 nitrogen and oxygen atoms in total. The Hall–Kier alpha value is -7.62. The van der Waals surface area contributed by atoms with E-state index in [9.17, 15) is 0 Å². The first-order valence-electron chi connectivity index (χ1n) is 27.6. The quantitative estimate of drug-likeness (QED) is 0.0904. The van der Waals surface area contributed by atoms with Gasteiger partial charge in [0.15, 0.2) is 0 Å². The van der Waals surface area contributed by atoms with Crippen LogP contribution in [-0.4, -0.2) is 15.0 Å². The fraction of sp³-hybridized carbons (Fsp3) is 0.106. The van der Waals surface area contributed by atoms with Gasteiger partial charge in [-0.1, -0.05) is 156 Å². The maximum atomic E-state index is 7.94. The van der Waals surface area contributed by atoms with Crippen LogP contribution < -0.4 is 0 Å². The summed E-state index contributed by atoms with van der Waals surface area (Å²) in [5.41, 5.74) is 15.3. The molecule has 0 unspecified atom stereocenters. The number of fused-ring (bicyclic) bond motifs is 3. The van der Waals surface area contributed by atoms with Gasteiger partial charge in [-0.05, 0) is 123 Å². The molecule has 0 bridgehead atoms. The molecule has 11 rings (SSSR count). The normalized spacial score (nSPS) is 13.6. The zero-order valence-electron chi connectivity index (χ0n) is 47.1. The van der Waals surface area contributed by atoms with Crippen LogP contribution in [0.1, 0.15) is 51.3 Å². The third-order valence-electron chi connectivity index (χ3n) is 12.9. The summed E-state index contributed by atoms with van der Waals surface area (Å²) in [7, 11) is 0. The fourth-order valence-corrected chi connectivity index (χ4v) is 9.26. The molecule has 0 radical (unpaired) electrons. The second-order valence-electron chi connectivity index (χ2n) is 17.5. The Bertz CT molecular complexity index is 3970. The molecule has 0 saturated carbocycles. The average molecular weight is 1090 g/mol. The van der Waals surface area contributed by atoms with Crippen LogP contribution in [-0.2, 0) is 45.8 Å². The van der Waals surface area contributed by atoms with Gasteiger partial charge in [-0.2, -0.15) is 0 Å². The van der Waals surface area contributed by atoms with E-state index in [4.69, 9.17) is 12.3 Å². The van der Waals surface area contributed by atoms with Crippen molar-refractivity contribution < 1.29 is 32.4 Å². The van der Waals surface area contributed by atoms with Crippen molar-refractivity contribution in [3.63, 3.8) is 0 Å². The first-order valence-corrected chi connectivity index (χ1v) is 23.1. The van der Waals surface area contributed by atoms with Gasteiger partial charge in [0.25, 0.3) is 0 Å². The Balaban J connectivity index is 0.00000704. The van der Waals surface area contributed by atoms with E-state index in [1.54, 1.807) is 30.3 Å². The smallest absolute Gasteiger partial charge is 0.305 e. The number of hydrogen-bond acceptors (Lipinski definition) is 3. The molecule has 0 N–H and O–H groups in total. The molecule has 70 heavy (non-hydrogen) atoms. The maximum absolute atomic E-state index is 7.94. The number of hydrogen-bond donors (Lipinski definition) is 0.